The van der Waals surface area contributed by atoms with E-state index in [4.69, 9.17) is 4.42 Å². The lowest BCUT2D eigenvalue weighted by Gasteiger charge is -2.13. The van der Waals surface area contributed by atoms with Crippen molar-refractivity contribution in [3.05, 3.63) is 151 Å². The predicted octanol–water partition coefficient (Wildman–Crippen LogP) is 11.7. The van der Waals surface area contributed by atoms with Crippen LogP contribution in [-0.2, 0) is 0 Å². The lowest BCUT2D eigenvalue weighted by atomic mass is 10.0. The summed E-state index contributed by atoms with van der Waals surface area (Å²) in [6.45, 7) is 0. The molecule has 1 N–H and O–H groups in total. The molecule has 1 atom stereocenters. The first-order chi connectivity index (χ1) is 22.3. The van der Waals surface area contributed by atoms with Crippen molar-refractivity contribution in [2.24, 2.45) is 0 Å². The highest BCUT2D eigenvalue weighted by Crippen LogP contribution is 2.51. The van der Waals surface area contributed by atoms with Gasteiger partial charge in [0.15, 0.2) is 0 Å². The number of hydrogen-bond acceptors (Lipinski definition) is 3. The van der Waals surface area contributed by atoms with E-state index in [1.54, 1.807) is 0 Å². The van der Waals surface area contributed by atoms with Crippen LogP contribution in [0.3, 0.4) is 0 Å². The van der Waals surface area contributed by atoms with Crippen LogP contribution in [0.15, 0.2) is 155 Å². The summed E-state index contributed by atoms with van der Waals surface area (Å²) >= 11 is 1.87. The lowest BCUT2D eigenvalue weighted by molar-refractivity contribution is 0.669. The third-order valence-corrected chi connectivity index (χ3v) is 10.5. The van der Waals surface area contributed by atoms with Crippen molar-refractivity contribution in [3.8, 4) is 16.8 Å². The second-order valence-corrected chi connectivity index (χ2v) is 12.9. The smallest absolute Gasteiger partial charge is 0.137 e. The standard InChI is InChI=1S/C41H26N2OS/c1-2-8-25(9-3-1)28-16-20-32-36(24-28)44-35-22-23-37-40(39(32)35)42-41(45-37)27-14-18-29(19-15-27)43-33-13-7-6-12-31(33)38-30-11-5-4-10-26(30)17-21-34(38)43/h1-24,41-42H. The summed E-state index contributed by atoms with van der Waals surface area (Å²) in [4.78, 5) is 1.25. The number of para-hydroxylation sites is 1. The van der Waals surface area contributed by atoms with Gasteiger partial charge in [0.25, 0.3) is 0 Å². The van der Waals surface area contributed by atoms with Crippen LogP contribution in [0.1, 0.15) is 10.9 Å². The van der Waals surface area contributed by atoms with Gasteiger partial charge in [-0.15, -0.1) is 0 Å². The molecule has 4 heteroatoms. The van der Waals surface area contributed by atoms with E-state index >= 15 is 0 Å². The molecule has 3 heterocycles. The number of nitrogens with one attached hydrogen (secondary N) is 1. The summed E-state index contributed by atoms with van der Waals surface area (Å²) < 4.78 is 8.78. The number of rotatable bonds is 3. The maximum atomic E-state index is 6.38. The van der Waals surface area contributed by atoms with Gasteiger partial charge in [0, 0.05) is 26.7 Å². The number of thioether (sulfide) groups is 1. The maximum Gasteiger partial charge on any atom is 0.137 e. The Morgan fingerprint density at radius 2 is 1.36 bits per heavy atom. The Morgan fingerprint density at radius 1 is 0.556 bits per heavy atom. The first-order valence-electron chi connectivity index (χ1n) is 15.3. The summed E-state index contributed by atoms with van der Waals surface area (Å²) in [7, 11) is 0. The third kappa shape index (κ3) is 3.73. The quantitative estimate of drug-likeness (QED) is 0.221. The van der Waals surface area contributed by atoms with Gasteiger partial charge in [-0.1, -0.05) is 109 Å². The van der Waals surface area contributed by atoms with Gasteiger partial charge in [-0.25, -0.2) is 0 Å². The minimum Gasteiger partial charge on any atom is -0.456 e. The molecule has 3 nitrogen and oxygen atoms in total. The van der Waals surface area contributed by atoms with Crippen LogP contribution < -0.4 is 5.32 Å². The van der Waals surface area contributed by atoms with Gasteiger partial charge < -0.3 is 14.3 Å². The van der Waals surface area contributed by atoms with E-state index in [1.807, 2.05) is 17.8 Å². The molecule has 45 heavy (non-hydrogen) atoms. The van der Waals surface area contributed by atoms with Crippen LogP contribution in [-0.4, -0.2) is 4.57 Å². The molecule has 2 aromatic heterocycles. The molecule has 10 rings (SSSR count). The predicted molar refractivity (Wildman–Crippen MR) is 190 cm³/mol. The maximum absolute atomic E-state index is 6.38. The number of fused-ring (bicyclic) bond motifs is 10. The van der Waals surface area contributed by atoms with Crippen molar-refractivity contribution in [1.82, 2.24) is 4.57 Å². The van der Waals surface area contributed by atoms with Crippen LogP contribution in [0.2, 0.25) is 0 Å². The highest BCUT2D eigenvalue weighted by Gasteiger charge is 2.27. The summed E-state index contributed by atoms with van der Waals surface area (Å²) in [6, 6.07) is 52.3. The van der Waals surface area contributed by atoms with Crippen LogP contribution in [0, 0.1) is 0 Å². The fourth-order valence-corrected chi connectivity index (χ4v) is 8.30. The Labute approximate surface area is 263 Å². The van der Waals surface area contributed by atoms with Gasteiger partial charge in [0.05, 0.1) is 22.1 Å². The van der Waals surface area contributed by atoms with Crippen LogP contribution in [0.25, 0.3) is 71.3 Å². The molecule has 0 amide bonds. The molecular formula is C41H26N2OS. The number of nitrogens with zero attached hydrogens (tertiary/aromatic N) is 1. The van der Waals surface area contributed by atoms with Crippen molar-refractivity contribution in [1.29, 1.82) is 0 Å². The van der Waals surface area contributed by atoms with Crippen LogP contribution >= 0.6 is 11.8 Å². The Kier molecular flexibility index (Phi) is 5.28. The van der Waals surface area contributed by atoms with Gasteiger partial charge in [0.2, 0.25) is 0 Å². The number of hydrogen-bond donors (Lipinski definition) is 1. The molecule has 1 unspecified atom stereocenters. The average molecular weight is 595 g/mol. The normalized spacial score (nSPS) is 14.5. The zero-order chi connectivity index (χ0) is 29.5. The van der Waals surface area contributed by atoms with E-state index in [2.05, 4.69) is 149 Å². The molecule has 7 aromatic carbocycles. The third-order valence-electron chi connectivity index (χ3n) is 9.24. The lowest BCUT2D eigenvalue weighted by Crippen LogP contribution is -2.02. The molecule has 0 spiro atoms. The largest absolute Gasteiger partial charge is 0.456 e. The molecule has 9 aromatic rings. The Bertz CT molecular complexity index is 2600. The number of furan rings is 1. The van der Waals surface area contributed by atoms with Gasteiger partial charge in [-0.3, -0.25) is 0 Å². The summed E-state index contributed by atoms with van der Waals surface area (Å²) in [5.41, 5.74) is 10.2. The zero-order valence-electron chi connectivity index (χ0n) is 24.2. The van der Waals surface area contributed by atoms with E-state index in [0.717, 1.165) is 38.9 Å². The highest BCUT2D eigenvalue weighted by atomic mass is 32.2. The van der Waals surface area contributed by atoms with Crippen molar-refractivity contribution in [2.45, 2.75) is 10.3 Å². The molecule has 0 saturated carbocycles. The van der Waals surface area contributed by atoms with Crippen LogP contribution in [0.4, 0.5) is 5.69 Å². The van der Waals surface area contributed by atoms with Crippen molar-refractivity contribution < 1.29 is 4.42 Å². The minimum absolute atomic E-state index is 0.121. The minimum atomic E-state index is 0.121. The Hall–Kier alpha value is -5.45. The molecule has 0 aliphatic carbocycles. The molecule has 1 aliphatic heterocycles. The molecule has 0 bridgehead atoms. The van der Waals surface area contributed by atoms with E-state index in [0.29, 0.717) is 0 Å². The van der Waals surface area contributed by atoms with Gasteiger partial charge >= 0.3 is 0 Å². The van der Waals surface area contributed by atoms with Crippen molar-refractivity contribution in [3.63, 3.8) is 0 Å². The Morgan fingerprint density at radius 3 is 2.24 bits per heavy atom. The van der Waals surface area contributed by atoms with E-state index in [-0.39, 0.29) is 5.37 Å². The molecule has 0 fully saturated rings. The first kappa shape index (κ1) is 24.9. The molecular weight excluding hydrogens is 569 g/mol. The van der Waals surface area contributed by atoms with Gasteiger partial charge in [-0.2, -0.15) is 0 Å². The monoisotopic (exact) mass is 594 g/mol. The molecule has 1 aliphatic rings. The SMILES string of the molecule is c1ccc(-c2ccc3c(c2)oc2ccc4c(c23)NC(c2ccc(-n3c5ccccc5c5c6ccccc6ccc53)cc2)S4)cc1. The molecule has 0 radical (unpaired) electrons. The van der Waals surface area contributed by atoms with Gasteiger partial charge in [0.1, 0.15) is 16.5 Å². The van der Waals surface area contributed by atoms with E-state index in [1.165, 1.54) is 48.6 Å². The van der Waals surface area contributed by atoms with Crippen molar-refractivity contribution in [2.75, 3.05) is 5.32 Å². The topological polar surface area (TPSA) is 30.1 Å². The second kappa shape index (κ2) is 9.52. The highest BCUT2D eigenvalue weighted by molar-refractivity contribution is 8.00. The number of aromatic nitrogens is 1. The van der Waals surface area contributed by atoms with E-state index in [9.17, 15) is 0 Å². The number of anilines is 1. The number of benzene rings is 7. The fraction of sp³-hybridized carbons (Fsp3) is 0.0244. The summed E-state index contributed by atoms with van der Waals surface area (Å²) in [5, 5.41) is 11.4. The fourth-order valence-electron chi connectivity index (χ4n) is 7.15. The second-order valence-electron chi connectivity index (χ2n) is 11.8. The summed E-state index contributed by atoms with van der Waals surface area (Å²) in [6.07, 6.45) is 0. The molecule has 0 saturated heterocycles. The van der Waals surface area contributed by atoms with E-state index < -0.39 is 0 Å². The van der Waals surface area contributed by atoms with Crippen molar-refractivity contribution >= 4 is 72.0 Å². The molecule has 212 valence electrons. The van der Waals surface area contributed by atoms with Gasteiger partial charge in [-0.05, 0) is 76.0 Å². The zero-order valence-corrected chi connectivity index (χ0v) is 25.0. The first-order valence-corrected chi connectivity index (χ1v) is 16.2. The average Bonchev–Trinajstić information content (AvgIpc) is 3.80. The Balaban J connectivity index is 1.03. The summed E-state index contributed by atoms with van der Waals surface area (Å²) in [5.74, 6) is 0. The van der Waals surface area contributed by atoms with Crippen LogP contribution in [0.5, 0.6) is 0 Å².